The Bertz CT molecular complexity index is 485. The molecule has 2 aliphatic rings. The topological polar surface area (TPSA) is 24.4 Å². The minimum Gasteiger partial charge on any atom is -0.309 e. The Morgan fingerprint density at radius 2 is 2.18 bits per heavy atom. The number of rotatable bonds is 2. The summed E-state index contributed by atoms with van der Waals surface area (Å²) in [4.78, 5) is 4.44. The van der Waals surface area contributed by atoms with E-state index in [0.29, 0.717) is 11.6 Å². The van der Waals surface area contributed by atoms with Gasteiger partial charge in [0.1, 0.15) is 5.82 Å². The second-order valence-electron chi connectivity index (χ2n) is 4.58. The van der Waals surface area contributed by atoms with Crippen molar-refractivity contribution in [3.63, 3.8) is 0 Å². The van der Waals surface area contributed by atoms with E-state index in [1.165, 1.54) is 12.5 Å². The molecule has 0 aromatic heterocycles. The number of allylic oxidation sites excluding steroid dienone is 1. The number of aliphatic imine (C=N–C) groups is 1. The van der Waals surface area contributed by atoms with Gasteiger partial charge in [-0.25, -0.2) is 4.39 Å². The molecule has 88 valence electrons. The zero-order chi connectivity index (χ0) is 11.7. The first-order valence-corrected chi connectivity index (χ1v) is 6.08. The molecule has 17 heavy (non-hydrogen) atoms. The molecule has 0 spiro atoms. The predicted octanol–water partition coefficient (Wildman–Crippen LogP) is 2.76. The lowest BCUT2D eigenvalue weighted by Crippen LogP contribution is -2.29. The number of benzene rings is 1. The Balaban J connectivity index is 1.76. The van der Waals surface area contributed by atoms with Gasteiger partial charge in [0.2, 0.25) is 0 Å². The Morgan fingerprint density at radius 3 is 2.94 bits per heavy atom. The standard InChI is InChI=1S/C14H15FN2/c15-12-5-2-1-4-11(12)10-8-14(17-9-10)13-6-3-7-16-13/h1-2,4-5,9,13,16H,3,6-8H2/t13-/m0/s1. The van der Waals surface area contributed by atoms with E-state index >= 15 is 0 Å². The van der Waals surface area contributed by atoms with E-state index in [0.717, 1.165) is 30.7 Å². The van der Waals surface area contributed by atoms with Gasteiger partial charge in [0.25, 0.3) is 0 Å². The van der Waals surface area contributed by atoms with Crippen LogP contribution in [0, 0.1) is 5.82 Å². The summed E-state index contributed by atoms with van der Waals surface area (Å²) in [5, 5.41) is 3.43. The number of nitrogens with one attached hydrogen (secondary N) is 1. The van der Waals surface area contributed by atoms with Crippen LogP contribution < -0.4 is 5.32 Å². The highest BCUT2D eigenvalue weighted by atomic mass is 19.1. The Hall–Kier alpha value is -1.48. The first-order valence-electron chi connectivity index (χ1n) is 6.08. The normalized spacial score (nSPS) is 23.7. The first kappa shape index (κ1) is 10.7. The van der Waals surface area contributed by atoms with Gasteiger partial charge in [-0.1, -0.05) is 18.2 Å². The summed E-state index contributed by atoms with van der Waals surface area (Å²) in [6, 6.07) is 7.30. The first-order chi connectivity index (χ1) is 8.34. The molecular weight excluding hydrogens is 215 g/mol. The van der Waals surface area contributed by atoms with Crippen molar-refractivity contribution in [2.75, 3.05) is 6.54 Å². The van der Waals surface area contributed by atoms with Crippen LogP contribution in [0.1, 0.15) is 24.8 Å². The SMILES string of the molecule is Fc1ccccc1C1=CN=C([C@@H]2CCCN2)C1. The summed E-state index contributed by atoms with van der Waals surface area (Å²) in [5.41, 5.74) is 2.83. The molecule has 1 aromatic carbocycles. The molecule has 3 heteroatoms. The summed E-state index contributed by atoms with van der Waals surface area (Å²) in [6.45, 7) is 1.07. The third-order valence-electron chi connectivity index (χ3n) is 3.44. The zero-order valence-corrected chi connectivity index (χ0v) is 9.62. The van der Waals surface area contributed by atoms with Crippen molar-refractivity contribution in [1.29, 1.82) is 0 Å². The molecule has 1 atom stereocenters. The van der Waals surface area contributed by atoms with Gasteiger partial charge >= 0.3 is 0 Å². The van der Waals surface area contributed by atoms with Gasteiger partial charge in [-0.15, -0.1) is 0 Å². The van der Waals surface area contributed by atoms with Crippen molar-refractivity contribution < 1.29 is 4.39 Å². The molecule has 3 rings (SSSR count). The number of hydrogen-bond acceptors (Lipinski definition) is 2. The lowest BCUT2D eigenvalue weighted by Gasteiger charge is -2.11. The molecule has 0 amide bonds. The Labute approximate surface area is 100 Å². The quantitative estimate of drug-likeness (QED) is 0.830. The highest BCUT2D eigenvalue weighted by molar-refractivity contribution is 6.01. The maximum atomic E-state index is 13.6. The van der Waals surface area contributed by atoms with Crippen molar-refractivity contribution in [1.82, 2.24) is 5.32 Å². The molecule has 1 N–H and O–H groups in total. The number of halogens is 1. The Kier molecular flexibility index (Phi) is 2.77. The largest absolute Gasteiger partial charge is 0.309 e. The van der Waals surface area contributed by atoms with Crippen LogP contribution in [0.2, 0.25) is 0 Å². The molecule has 0 saturated carbocycles. The summed E-state index contributed by atoms with van der Waals surface area (Å²) in [7, 11) is 0. The molecule has 0 bridgehead atoms. The minimum absolute atomic E-state index is 0.158. The van der Waals surface area contributed by atoms with E-state index in [1.807, 2.05) is 18.3 Å². The van der Waals surface area contributed by atoms with E-state index in [2.05, 4.69) is 10.3 Å². The van der Waals surface area contributed by atoms with Crippen LogP contribution in [0.4, 0.5) is 4.39 Å². The second-order valence-corrected chi connectivity index (χ2v) is 4.58. The van der Waals surface area contributed by atoms with E-state index in [4.69, 9.17) is 0 Å². The van der Waals surface area contributed by atoms with Crippen molar-refractivity contribution in [2.45, 2.75) is 25.3 Å². The average molecular weight is 230 g/mol. The fourth-order valence-corrected chi connectivity index (χ4v) is 2.52. The van der Waals surface area contributed by atoms with Gasteiger partial charge in [-0.05, 0) is 31.0 Å². The molecule has 0 radical (unpaired) electrons. The highest BCUT2D eigenvalue weighted by Gasteiger charge is 2.24. The molecule has 1 aromatic rings. The molecular formula is C14H15FN2. The van der Waals surface area contributed by atoms with Crippen LogP contribution in [-0.2, 0) is 0 Å². The van der Waals surface area contributed by atoms with Gasteiger partial charge in [0.15, 0.2) is 0 Å². The fourth-order valence-electron chi connectivity index (χ4n) is 2.52. The molecule has 0 unspecified atom stereocenters. The summed E-state index contributed by atoms with van der Waals surface area (Å²) >= 11 is 0. The van der Waals surface area contributed by atoms with Gasteiger partial charge < -0.3 is 5.32 Å². The lowest BCUT2D eigenvalue weighted by atomic mass is 9.99. The summed E-state index contributed by atoms with van der Waals surface area (Å²) < 4.78 is 13.6. The van der Waals surface area contributed by atoms with E-state index in [-0.39, 0.29) is 5.82 Å². The van der Waals surface area contributed by atoms with E-state index in [1.54, 1.807) is 6.07 Å². The highest BCUT2D eigenvalue weighted by Crippen LogP contribution is 2.28. The van der Waals surface area contributed by atoms with E-state index in [9.17, 15) is 4.39 Å². The molecule has 2 heterocycles. The summed E-state index contributed by atoms with van der Waals surface area (Å²) in [6.07, 6.45) is 4.95. The van der Waals surface area contributed by atoms with Crippen molar-refractivity contribution in [3.05, 3.63) is 41.8 Å². The zero-order valence-electron chi connectivity index (χ0n) is 9.62. The van der Waals surface area contributed by atoms with Crippen LogP contribution >= 0.6 is 0 Å². The van der Waals surface area contributed by atoms with Crippen LogP contribution in [0.3, 0.4) is 0 Å². The molecule has 1 fully saturated rings. The van der Waals surface area contributed by atoms with Gasteiger partial charge in [0.05, 0.1) is 0 Å². The Morgan fingerprint density at radius 1 is 1.29 bits per heavy atom. The van der Waals surface area contributed by atoms with Crippen molar-refractivity contribution >= 4 is 11.3 Å². The van der Waals surface area contributed by atoms with Gasteiger partial charge in [-0.3, -0.25) is 4.99 Å². The molecule has 2 aliphatic heterocycles. The molecule has 1 saturated heterocycles. The maximum absolute atomic E-state index is 13.6. The lowest BCUT2D eigenvalue weighted by molar-refractivity contribution is 0.623. The fraction of sp³-hybridized carbons (Fsp3) is 0.357. The second kappa shape index (κ2) is 4.41. The third-order valence-corrected chi connectivity index (χ3v) is 3.44. The predicted molar refractivity (Wildman–Crippen MR) is 67.5 cm³/mol. The smallest absolute Gasteiger partial charge is 0.130 e. The average Bonchev–Trinajstić information content (AvgIpc) is 3.00. The van der Waals surface area contributed by atoms with Crippen LogP contribution in [0.15, 0.2) is 35.5 Å². The number of hydrogen-bond donors (Lipinski definition) is 1. The van der Waals surface area contributed by atoms with Gasteiger partial charge in [0, 0.05) is 29.9 Å². The van der Waals surface area contributed by atoms with Crippen LogP contribution in [-0.4, -0.2) is 18.3 Å². The monoisotopic (exact) mass is 230 g/mol. The van der Waals surface area contributed by atoms with Crippen molar-refractivity contribution in [2.24, 2.45) is 4.99 Å². The molecule has 2 nitrogen and oxygen atoms in total. The van der Waals surface area contributed by atoms with Gasteiger partial charge in [-0.2, -0.15) is 0 Å². The summed E-state index contributed by atoms with van der Waals surface area (Å²) in [5.74, 6) is -0.158. The minimum atomic E-state index is -0.158. The van der Waals surface area contributed by atoms with Crippen LogP contribution in [0.5, 0.6) is 0 Å². The molecule has 0 aliphatic carbocycles. The van der Waals surface area contributed by atoms with E-state index < -0.39 is 0 Å². The van der Waals surface area contributed by atoms with Crippen molar-refractivity contribution in [3.8, 4) is 0 Å². The van der Waals surface area contributed by atoms with Crippen LogP contribution in [0.25, 0.3) is 5.57 Å². The third kappa shape index (κ3) is 2.03. The maximum Gasteiger partial charge on any atom is 0.130 e. The number of nitrogens with zero attached hydrogens (tertiary/aromatic N) is 1.